The lowest BCUT2D eigenvalue weighted by Crippen LogP contribution is -2.34. The molecule has 0 atom stereocenters. The molecule has 0 unspecified atom stereocenters. The van der Waals surface area contributed by atoms with Crippen molar-refractivity contribution in [3.05, 3.63) is 77.8 Å². The molecule has 0 saturated heterocycles. The van der Waals surface area contributed by atoms with Crippen molar-refractivity contribution in [2.24, 2.45) is 0 Å². The second-order valence-electron chi connectivity index (χ2n) is 8.32. The number of aromatic nitrogens is 2. The highest BCUT2D eigenvalue weighted by Gasteiger charge is 2.38. The highest BCUT2D eigenvalue weighted by molar-refractivity contribution is 7.92. The zero-order valence-corrected chi connectivity index (χ0v) is 22.5. The molecular weight excluding hydrogens is 534 g/mol. The van der Waals surface area contributed by atoms with Gasteiger partial charge in [0.25, 0.3) is 10.0 Å². The van der Waals surface area contributed by atoms with Gasteiger partial charge in [-0.1, -0.05) is 37.6 Å². The normalized spacial score (nSPS) is 13.9. The summed E-state index contributed by atoms with van der Waals surface area (Å²) < 4.78 is 55.7. The number of nitrogens with zero attached hydrogens (tertiary/aromatic N) is 5. The summed E-state index contributed by atoms with van der Waals surface area (Å²) in [6, 6.07) is 19.5. The maximum atomic E-state index is 13.7. The average Bonchev–Trinajstić information content (AvgIpc) is 3.27. The molecule has 0 bridgehead atoms. The van der Waals surface area contributed by atoms with E-state index in [1.807, 2.05) is 12.1 Å². The van der Waals surface area contributed by atoms with E-state index in [0.29, 0.717) is 40.7 Å². The summed E-state index contributed by atoms with van der Waals surface area (Å²) >= 11 is 5.97. The number of hydrogen-bond acceptors (Lipinski definition) is 7. The summed E-state index contributed by atoms with van der Waals surface area (Å²) in [7, 11) is -7.63. The second-order valence-corrected chi connectivity index (χ2v) is 12.6. The van der Waals surface area contributed by atoms with Gasteiger partial charge in [0.05, 0.1) is 20.8 Å². The van der Waals surface area contributed by atoms with Gasteiger partial charge < -0.3 is 4.90 Å². The van der Waals surface area contributed by atoms with Crippen molar-refractivity contribution in [1.82, 2.24) is 14.3 Å². The molecule has 1 aliphatic heterocycles. The van der Waals surface area contributed by atoms with Gasteiger partial charge >= 0.3 is 0 Å². The largest absolute Gasteiger partial charge is 0.304 e. The van der Waals surface area contributed by atoms with E-state index >= 15 is 0 Å². The third-order valence-corrected chi connectivity index (χ3v) is 10.2. The lowest BCUT2D eigenvalue weighted by Gasteiger charge is -2.22. The number of para-hydroxylation sites is 2. The van der Waals surface area contributed by atoms with Gasteiger partial charge in [-0.25, -0.2) is 31.1 Å². The Balaban J connectivity index is 1.60. The third kappa shape index (κ3) is 4.42. The lowest BCUT2D eigenvalue weighted by atomic mass is 10.3. The molecule has 3 aromatic carbocycles. The number of sulfonamides is 2. The summed E-state index contributed by atoms with van der Waals surface area (Å²) in [6.07, 6.45) is 0. The molecule has 1 aliphatic rings. The van der Waals surface area contributed by atoms with Gasteiger partial charge in [0, 0.05) is 23.8 Å². The van der Waals surface area contributed by atoms with Crippen LogP contribution in [-0.4, -0.2) is 50.9 Å². The van der Waals surface area contributed by atoms with Gasteiger partial charge in [-0.15, -0.1) is 0 Å². The van der Waals surface area contributed by atoms with E-state index in [1.165, 1.54) is 45.0 Å². The van der Waals surface area contributed by atoms with Crippen LogP contribution in [-0.2, 0) is 20.0 Å². The Bertz CT molecular complexity index is 1680. The maximum absolute atomic E-state index is 13.7. The van der Waals surface area contributed by atoms with Crippen LogP contribution in [0.3, 0.4) is 0 Å². The van der Waals surface area contributed by atoms with Crippen molar-refractivity contribution in [1.29, 1.82) is 0 Å². The number of anilines is 3. The molecule has 0 N–H and O–H groups in total. The molecule has 192 valence electrons. The molecular formula is C25H24ClN5O4S2. The average molecular weight is 558 g/mol. The Morgan fingerprint density at radius 3 is 1.89 bits per heavy atom. The number of benzene rings is 3. The molecule has 9 nitrogen and oxygen atoms in total. The van der Waals surface area contributed by atoms with Crippen LogP contribution in [0.2, 0.25) is 5.02 Å². The summed E-state index contributed by atoms with van der Waals surface area (Å²) in [5, 5.41) is 0.424. The smallest absolute Gasteiger partial charge is 0.267 e. The van der Waals surface area contributed by atoms with Gasteiger partial charge in [0.15, 0.2) is 11.6 Å². The van der Waals surface area contributed by atoms with E-state index in [2.05, 4.69) is 4.98 Å². The number of rotatable bonds is 7. The Labute approximate surface area is 221 Å². The highest BCUT2D eigenvalue weighted by Crippen LogP contribution is 2.41. The minimum Gasteiger partial charge on any atom is -0.304 e. The molecule has 4 aromatic rings. The van der Waals surface area contributed by atoms with Crippen LogP contribution in [0.15, 0.2) is 82.6 Å². The molecule has 1 aromatic heterocycles. The van der Waals surface area contributed by atoms with E-state index in [9.17, 15) is 16.8 Å². The molecule has 37 heavy (non-hydrogen) atoms. The lowest BCUT2D eigenvalue weighted by molar-refractivity contribution is 0.445. The summed E-state index contributed by atoms with van der Waals surface area (Å²) in [4.78, 5) is 11.3. The fourth-order valence-electron chi connectivity index (χ4n) is 4.23. The van der Waals surface area contributed by atoms with Crippen molar-refractivity contribution < 1.29 is 16.8 Å². The predicted octanol–water partition coefficient (Wildman–Crippen LogP) is 4.62. The third-order valence-electron chi connectivity index (χ3n) is 6.19. The van der Waals surface area contributed by atoms with Gasteiger partial charge in [-0.05, 0) is 60.7 Å². The summed E-state index contributed by atoms with van der Waals surface area (Å²) in [6.45, 7) is 4.21. The molecule has 0 amide bonds. The van der Waals surface area contributed by atoms with E-state index < -0.39 is 20.0 Å². The topological polar surface area (TPSA) is 104 Å². The Kier molecular flexibility index (Phi) is 6.57. The Hall–Kier alpha value is -3.25. The van der Waals surface area contributed by atoms with Crippen molar-refractivity contribution in [3.8, 4) is 0 Å². The van der Waals surface area contributed by atoms with E-state index in [-0.39, 0.29) is 22.3 Å². The van der Waals surface area contributed by atoms with Gasteiger partial charge in [-0.3, -0.25) is 0 Å². The van der Waals surface area contributed by atoms with Crippen LogP contribution >= 0.6 is 11.6 Å². The van der Waals surface area contributed by atoms with E-state index in [4.69, 9.17) is 16.6 Å². The summed E-state index contributed by atoms with van der Waals surface area (Å²) in [5.74, 6) is 0.545. The minimum absolute atomic E-state index is 0.0697. The molecule has 2 heterocycles. The van der Waals surface area contributed by atoms with Crippen LogP contribution in [0.1, 0.15) is 13.8 Å². The van der Waals surface area contributed by atoms with Crippen LogP contribution in [0, 0.1) is 0 Å². The van der Waals surface area contributed by atoms with E-state index in [1.54, 1.807) is 43.0 Å². The predicted molar refractivity (Wildman–Crippen MR) is 144 cm³/mol. The SMILES string of the molecule is CCN(CC)S(=O)(=O)c1ccc(N2CN(S(=O)(=O)c3ccc(Cl)cc3)c3nc4ccccc4nc32)cc1. The first-order valence-corrected chi connectivity index (χ1v) is 14.9. The Morgan fingerprint density at radius 1 is 0.784 bits per heavy atom. The van der Waals surface area contributed by atoms with Crippen LogP contribution < -0.4 is 9.21 Å². The fraction of sp³-hybridized carbons (Fsp3) is 0.200. The molecule has 12 heteroatoms. The molecule has 0 radical (unpaired) electrons. The number of halogens is 1. The standard InChI is InChI=1S/C25H24ClN5O4S2/c1-3-29(4-2)36(32,33)20-15-11-19(12-16-20)30-17-31(37(34,35)21-13-9-18(26)10-14-21)25-24(30)27-22-7-5-6-8-23(22)28-25/h5-16H,3-4,17H2,1-2H3. The van der Waals surface area contributed by atoms with Gasteiger partial charge in [0.2, 0.25) is 10.0 Å². The monoisotopic (exact) mass is 557 g/mol. The molecule has 5 rings (SSSR count). The van der Waals surface area contributed by atoms with Crippen molar-refractivity contribution >= 4 is 60.0 Å². The first kappa shape index (κ1) is 25.4. The Morgan fingerprint density at radius 2 is 1.32 bits per heavy atom. The van der Waals surface area contributed by atoms with Crippen molar-refractivity contribution in [2.45, 2.75) is 23.6 Å². The van der Waals surface area contributed by atoms with E-state index in [0.717, 1.165) is 0 Å². The number of hydrogen-bond donors (Lipinski definition) is 0. The van der Waals surface area contributed by atoms with Crippen LogP contribution in [0.25, 0.3) is 11.0 Å². The van der Waals surface area contributed by atoms with Crippen molar-refractivity contribution in [2.75, 3.05) is 29.0 Å². The molecule has 0 fully saturated rings. The summed E-state index contributed by atoms with van der Waals surface area (Å²) in [5.41, 5.74) is 1.75. The quantitative estimate of drug-likeness (QED) is 0.326. The van der Waals surface area contributed by atoms with Crippen LogP contribution in [0.4, 0.5) is 17.3 Å². The second kappa shape index (κ2) is 9.56. The highest BCUT2D eigenvalue weighted by atomic mass is 35.5. The van der Waals surface area contributed by atoms with Crippen LogP contribution in [0.5, 0.6) is 0 Å². The molecule has 0 spiro atoms. The van der Waals surface area contributed by atoms with Crippen molar-refractivity contribution in [3.63, 3.8) is 0 Å². The number of fused-ring (bicyclic) bond motifs is 2. The first-order valence-electron chi connectivity index (χ1n) is 11.6. The van der Waals surface area contributed by atoms with Gasteiger partial charge in [-0.2, -0.15) is 4.31 Å². The zero-order chi connectivity index (χ0) is 26.4. The van der Waals surface area contributed by atoms with Gasteiger partial charge in [0.1, 0.15) is 6.67 Å². The zero-order valence-electron chi connectivity index (χ0n) is 20.1. The minimum atomic E-state index is -4.00. The molecule has 0 saturated carbocycles. The fourth-order valence-corrected chi connectivity index (χ4v) is 7.17. The maximum Gasteiger partial charge on any atom is 0.267 e. The first-order chi connectivity index (χ1) is 17.7. The molecule has 0 aliphatic carbocycles.